The molecule has 2 N–H and O–H groups in total. The van der Waals surface area contributed by atoms with E-state index in [2.05, 4.69) is 20.6 Å². The van der Waals surface area contributed by atoms with Crippen molar-refractivity contribution in [1.82, 2.24) is 9.97 Å². The molecule has 0 radical (unpaired) electrons. The first-order chi connectivity index (χ1) is 9.38. The average molecular weight is 264 g/mol. The largest absolute Gasteiger partial charge is 0.383 e. The Bertz CT molecular complexity index is 364. The molecule has 5 heteroatoms. The Hall–Kier alpha value is -1.36. The molecule has 2 rings (SSSR count). The molecule has 1 saturated carbocycles. The summed E-state index contributed by atoms with van der Waals surface area (Å²) in [6.07, 6.45) is 9.66. The van der Waals surface area contributed by atoms with Crippen LogP contribution in [-0.2, 0) is 4.74 Å². The van der Waals surface area contributed by atoms with E-state index in [9.17, 15) is 0 Å². The van der Waals surface area contributed by atoms with Crippen LogP contribution < -0.4 is 10.6 Å². The lowest BCUT2D eigenvalue weighted by Gasteiger charge is -2.17. The van der Waals surface area contributed by atoms with Gasteiger partial charge in [0, 0.05) is 25.9 Å². The topological polar surface area (TPSA) is 59.1 Å². The highest BCUT2D eigenvalue weighted by molar-refractivity contribution is 5.40. The van der Waals surface area contributed by atoms with Gasteiger partial charge in [-0.3, -0.25) is 0 Å². The van der Waals surface area contributed by atoms with Gasteiger partial charge in [-0.05, 0) is 18.9 Å². The summed E-state index contributed by atoms with van der Waals surface area (Å²) in [5.41, 5.74) is 0. The van der Waals surface area contributed by atoms with Crippen LogP contribution in [0.5, 0.6) is 0 Å². The van der Waals surface area contributed by atoms with Crippen LogP contribution in [0.25, 0.3) is 0 Å². The maximum absolute atomic E-state index is 5.00. The molecule has 19 heavy (non-hydrogen) atoms. The molecule has 5 nitrogen and oxygen atoms in total. The third-order valence-corrected chi connectivity index (χ3v) is 3.45. The summed E-state index contributed by atoms with van der Waals surface area (Å²) < 4.78 is 5.00. The van der Waals surface area contributed by atoms with Crippen molar-refractivity contribution in [3.05, 3.63) is 12.3 Å². The van der Waals surface area contributed by atoms with E-state index in [-0.39, 0.29) is 0 Å². The first-order valence-electron chi connectivity index (χ1n) is 7.21. The van der Waals surface area contributed by atoms with Gasteiger partial charge in [0.05, 0.1) is 6.61 Å². The molecule has 0 atom stereocenters. The second-order valence-corrected chi connectivity index (χ2v) is 5.02. The Labute approximate surface area is 115 Å². The van der Waals surface area contributed by atoms with Crippen LogP contribution in [0.4, 0.5) is 11.8 Å². The third-order valence-electron chi connectivity index (χ3n) is 3.45. The molecule has 0 amide bonds. The summed E-state index contributed by atoms with van der Waals surface area (Å²) in [6.45, 7) is 1.38. The lowest BCUT2D eigenvalue weighted by atomic mass is 10.1. The Kier molecular flexibility index (Phi) is 5.88. The normalized spacial score (nSPS) is 16.9. The maximum atomic E-state index is 5.00. The summed E-state index contributed by atoms with van der Waals surface area (Å²) in [7, 11) is 1.69. The summed E-state index contributed by atoms with van der Waals surface area (Å²) in [5.74, 6) is 1.58. The summed E-state index contributed by atoms with van der Waals surface area (Å²) in [4.78, 5) is 8.69. The maximum Gasteiger partial charge on any atom is 0.224 e. The highest BCUT2D eigenvalue weighted by Gasteiger charge is 2.12. The molecule has 106 valence electrons. The predicted octanol–water partition coefficient (Wildman–Crippen LogP) is 2.67. The fourth-order valence-electron chi connectivity index (χ4n) is 2.42. The molecule has 0 bridgehead atoms. The number of ether oxygens (including phenoxy) is 1. The van der Waals surface area contributed by atoms with Gasteiger partial charge in [0.25, 0.3) is 0 Å². The van der Waals surface area contributed by atoms with Gasteiger partial charge in [0.2, 0.25) is 5.95 Å². The first kappa shape index (κ1) is 14.1. The minimum absolute atomic E-state index is 0.559. The molecule has 0 unspecified atom stereocenters. The second kappa shape index (κ2) is 7.94. The molecular weight excluding hydrogens is 240 g/mol. The monoisotopic (exact) mass is 264 g/mol. The van der Waals surface area contributed by atoms with Gasteiger partial charge in [-0.1, -0.05) is 25.7 Å². The van der Waals surface area contributed by atoms with Crippen molar-refractivity contribution in [2.75, 3.05) is 30.9 Å². The van der Waals surface area contributed by atoms with Gasteiger partial charge < -0.3 is 15.4 Å². The van der Waals surface area contributed by atoms with Crippen molar-refractivity contribution in [1.29, 1.82) is 0 Å². The highest BCUT2D eigenvalue weighted by atomic mass is 16.5. The van der Waals surface area contributed by atoms with Crippen molar-refractivity contribution in [3.8, 4) is 0 Å². The molecule has 1 aromatic heterocycles. The van der Waals surface area contributed by atoms with Crippen molar-refractivity contribution in [3.63, 3.8) is 0 Å². The summed E-state index contributed by atoms with van der Waals surface area (Å²) >= 11 is 0. The number of hydrogen-bond donors (Lipinski definition) is 2. The molecule has 1 aliphatic rings. The van der Waals surface area contributed by atoms with E-state index < -0.39 is 0 Å². The molecule has 1 fully saturated rings. The van der Waals surface area contributed by atoms with Crippen molar-refractivity contribution in [2.45, 2.75) is 44.6 Å². The fourth-order valence-corrected chi connectivity index (χ4v) is 2.42. The zero-order valence-electron chi connectivity index (χ0n) is 11.7. The van der Waals surface area contributed by atoms with E-state index in [4.69, 9.17) is 4.74 Å². The molecule has 0 aliphatic heterocycles. The lowest BCUT2D eigenvalue weighted by Crippen LogP contribution is -2.19. The van der Waals surface area contributed by atoms with Crippen LogP contribution in [0.2, 0.25) is 0 Å². The van der Waals surface area contributed by atoms with E-state index in [0.29, 0.717) is 18.6 Å². The number of methoxy groups -OCH3 is 1. The summed E-state index contributed by atoms with van der Waals surface area (Å²) in [6, 6.07) is 2.50. The number of aromatic nitrogens is 2. The van der Waals surface area contributed by atoms with Crippen molar-refractivity contribution in [2.24, 2.45) is 0 Å². The smallest absolute Gasteiger partial charge is 0.224 e. The number of nitrogens with one attached hydrogen (secondary N) is 2. The van der Waals surface area contributed by atoms with E-state index >= 15 is 0 Å². The van der Waals surface area contributed by atoms with Gasteiger partial charge >= 0.3 is 0 Å². The third kappa shape index (κ3) is 5.03. The van der Waals surface area contributed by atoms with E-state index in [0.717, 1.165) is 12.4 Å². The van der Waals surface area contributed by atoms with Crippen LogP contribution in [0, 0.1) is 0 Å². The zero-order valence-corrected chi connectivity index (χ0v) is 11.7. The van der Waals surface area contributed by atoms with Gasteiger partial charge in [-0.15, -0.1) is 0 Å². The number of nitrogens with zero attached hydrogens (tertiary/aromatic N) is 2. The Morgan fingerprint density at radius 3 is 2.79 bits per heavy atom. The van der Waals surface area contributed by atoms with Gasteiger partial charge in [0.1, 0.15) is 5.82 Å². The van der Waals surface area contributed by atoms with Crippen molar-refractivity contribution >= 4 is 11.8 Å². The van der Waals surface area contributed by atoms with Crippen LogP contribution >= 0.6 is 0 Å². The van der Waals surface area contributed by atoms with Crippen LogP contribution in [0.15, 0.2) is 12.3 Å². The fraction of sp³-hybridized carbons (Fsp3) is 0.714. The van der Waals surface area contributed by atoms with Gasteiger partial charge in [-0.2, -0.15) is 4.98 Å². The standard InChI is InChI=1S/C14H24N4O/c1-19-11-10-16-14-15-9-8-13(18-14)17-12-6-4-2-3-5-7-12/h8-9,12H,2-7,10-11H2,1H3,(H2,15,16,17,18). The molecular formula is C14H24N4O. The molecule has 1 heterocycles. The van der Waals surface area contributed by atoms with Crippen LogP contribution in [-0.4, -0.2) is 36.3 Å². The second-order valence-electron chi connectivity index (χ2n) is 5.02. The zero-order chi connectivity index (χ0) is 13.3. The SMILES string of the molecule is COCCNc1nccc(NC2CCCCCC2)n1. The quantitative estimate of drug-likeness (QED) is 0.611. The van der Waals surface area contributed by atoms with E-state index in [1.165, 1.54) is 38.5 Å². The summed E-state index contributed by atoms with van der Waals surface area (Å²) in [5, 5.41) is 6.68. The minimum atomic E-state index is 0.559. The molecule has 1 aromatic rings. The minimum Gasteiger partial charge on any atom is -0.383 e. The van der Waals surface area contributed by atoms with Crippen LogP contribution in [0.1, 0.15) is 38.5 Å². The number of hydrogen-bond acceptors (Lipinski definition) is 5. The number of rotatable bonds is 6. The van der Waals surface area contributed by atoms with Crippen LogP contribution in [0.3, 0.4) is 0 Å². The number of anilines is 2. The van der Waals surface area contributed by atoms with Gasteiger partial charge in [-0.25, -0.2) is 4.98 Å². The van der Waals surface area contributed by atoms with E-state index in [1.54, 1.807) is 13.3 Å². The highest BCUT2D eigenvalue weighted by Crippen LogP contribution is 2.20. The molecule has 0 spiro atoms. The Balaban J connectivity index is 1.86. The Morgan fingerprint density at radius 1 is 1.26 bits per heavy atom. The van der Waals surface area contributed by atoms with E-state index in [1.807, 2.05) is 6.07 Å². The Morgan fingerprint density at radius 2 is 2.05 bits per heavy atom. The van der Waals surface area contributed by atoms with Gasteiger partial charge in [0.15, 0.2) is 0 Å². The molecule has 1 aliphatic carbocycles. The predicted molar refractivity (Wildman–Crippen MR) is 77.5 cm³/mol. The molecule has 0 aromatic carbocycles. The first-order valence-corrected chi connectivity index (χ1v) is 7.21. The average Bonchev–Trinajstić information content (AvgIpc) is 2.68. The lowest BCUT2D eigenvalue weighted by molar-refractivity contribution is 0.210. The van der Waals surface area contributed by atoms with Crippen molar-refractivity contribution < 1.29 is 4.74 Å². The molecule has 0 saturated heterocycles.